The molecule has 3 aromatic rings. The Bertz CT molecular complexity index is 1170. The molecule has 0 spiro atoms. The van der Waals surface area contributed by atoms with Crippen LogP contribution in [0, 0.1) is 12.8 Å². The Morgan fingerprint density at radius 1 is 1.20 bits per heavy atom. The second-order valence-corrected chi connectivity index (χ2v) is 9.52. The summed E-state index contributed by atoms with van der Waals surface area (Å²) in [6.45, 7) is 0.166. The summed E-state index contributed by atoms with van der Waals surface area (Å²) in [5.74, 6) is -1.01. The molecule has 2 amide bonds. The molecule has 1 aliphatic heterocycles. The van der Waals surface area contributed by atoms with Crippen molar-refractivity contribution >= 4 is 23.2 Å². The number of carbonyl (C=O) groups is 2. The smallest absolute Gasteiger partial charge is 0.387 e. The third-order valence-electron chi connectivity index (χ3n) is 5.99. The van der Waals surface area contributed by atoms with Crippen molar-refractivity contribution in [1.82, 2.24) is 15.2 Å². The number of carbonyl (C=O) groups excluding carboxylic acids is 2. The number of hydrogen-bond donors (Lipinski definition) is 1. The summed E-state index contributed by atoms with van der Waals surface area (Å²) in [6.07, 6.45) is 2.03. The maximum absolute atomic E-state index is 13.0. The quantitative estimate of drug-likeness (QED) is 0.477. The molecule has 9 heteroatoms. The fourth-order valence-electron chi connectivity index (χ4n) is 4.20. The third-order valence-corrected chi connectivity index (χ3v) is 6.77. The zero-order chi connectivity index (χ0) is 24.8. The minimum Gasteiger partial charge on any atom is -0.434 e. The van der Waals surface area contributed by atoms with Crippen LogP contribution >= 0.6 is 11.3 Å². The second kappa shape index (κ2) is 11.4. The fraction of sp³-hybridized carbons (Fsp3) is 0.346. The number of alkyl halides is 2. The number of likely N-dealkylation sites (tertiary alicyclic amines) is 1. The van der Waals surface area contributed by atoms with Crippen LogP contribution in [-0.2, 0) is 11.2 Å². The van der Waals surface area contributed by atoms with E-state index < -0.39 is 12.5 Å². The van der Waals surface area contributed by atoms with E-state index in [0.29, 0.717) is 32.4 Å². The van der Waals surface area contributed by atoms with Gasteiger partial charge in [0.2, 0.25) is 5.91 Å². The van der Waals surface area contributed by atoms with Crippen LogP contribution in [0.25, 0.3) is 11.3 Å². The zero-order valence-electron chi connectivity index (χ0n) is 19.4. The predicted octanol–water partition coefficient (Wildman–Crippen LogP) is 4.93. The summed E-state index contributed by atoms with van der Waals surface area (Å²) in [6, 6.07) is 14.1. The molecule has 2 heterocycles. The van der Waals surface area contributed by atoms with Crippen molar-refractivity contribution in [2.45, 2.75) is 32.8 Å². The number of amides is 2. The summed E-state index contributed by atoms with van der Waals surface area (Å²) in [4.78, 5) is 31.8. The van der Waals surface area contributed by atoms with E-state index in [2.05, 4.69) is 15.0 Å². The highest BCUT2D eigenvalue weighted by Crippen LogP contribution is 2.25. The number of nitrogens with one attached hydrogen (secondary N) is 1. The summed E-state index contributed by atoms with van der Waals surface area (Å²) < 4.78 is 29.9. The van der Waals surface area contributed by atoms with Crippen molar-refractivity contribution in [3.05, 3.63) is 70.0 Å². The van der Waals surface area contributed by atoms with Crippen LogP contribution in [0.1, 0.15) is 33.8 Å². The second-order valence-electron chi connectivity index (χ2n) is 8.45. The zero-order valence-corrected chi connectivity index (χ0v) is 20.2. The molecule has 1 saturated heterocycles. The Balaban J connectivity index is 1.29. The first kappa shape index (κ1) is 24.8. The van der Waals surface area contributed by atoms with Crippen molar-refractivity contribution in [2.75, 3.05) is 19.6 Å². The molecule has 1 fully saturated rings. The molecule has 2 aromatic carbocycles. The van der Waals surface area contributed by atoms with Gasteiger partial charge >= 0.3 is 6.61 Å². The Morgan fingerprint density at radius 3 is 2.69 bits per heavy atom. The minimum atomic E-state index is -3.02. The molecule has 4 rings (SSSR count). The van der Waals surface area contributed by atoms with Crippen LogP contribution in [-0.4, -0.2) is 47.9 Å². The van der Waals surface area contributed by atoms with Crippen molar-refractivity contribution in [3.63, 3.8) is 0 Å². The van der Waals surface area contributed by atoms with Gasteiger partial charge in [-0.2, -0.15) is 8.78 Å². The molecule has 1 N–H and O–H groups in total. The van der Waals surface area contributed by atoms with Crippen molar-refractivity contribution in [3.8, 4) is 17.0 Å². The SMILES string of the molecule is Cc1nc(-c2ccc(CCNC(=O)C3CCCN(C(=O)c4ccccc4OC(F)F)C3)cc2)cs1. The molecule has 1 aliphatic rings. The summed E-state index contributed by atoms with van der Waals surface area (Å²) >= 11 is 1.62. The first-order valence-corrected chi connectivity index (χ1v) is 12.4. The van der Waals surface area contributed by atoms with Crippen LogP contribution in [0.15, 0.2) is 53.9 Å². The lowest BCUT2D eigenvalue weighted by Crippen LogP contribution is -2.45. The summed E-state index contributed by atoms with van der Waals surface area (Å²) in [5.41, 5.74) is 3.21. The molecule has 35 heavy (non-hydrogen) atoms. The van der Waals surface area contributed by atoms with Gasteiger partial charge in [0.15, 0.2) is 0 Å². The van der Waals surface area contributed by atoms with E-state index in [9.17, 15) is 18.4 Å². The van der Waals surface area contributed by atoms with Crippen LogP contribution in [0.4, 0.5) is 8.78 Å². The van der Waals surface area contributed by atoms with E-state index >= 15 is 0 Å². The number of benzene rings is 2. The Kier molecular flexibility index (Phi) is 8.07. The largest absolute Gasteiger partial charge is 0.434 e. The molecule has 1 unspecified atom stereocenters. The Morgan fingerprint density at radius 2 is 1.97 bits per heavy atom. The van der Waals surface area contributed by atoms with Crippen LogP contribution < -0.4 is 10.1 Å². The first-order chi connectivity index (χ1) is 16.9. The van der Waals surface area contributed by atoms with Crippen molar-refractivity contribution in [1.29, 1.82) is 0 Å². The van der Waals surface area contributed by atoms with E-state index in [1.807, 2.05) is 36.6 Å². The molecule has 0 saturated carbocycles. The van der Waals surface area contributed by atoms with Gasteiger partial charge in [0.25, 0.3) is 5.91 Å². The highest BCUT2D eigenvalue weighted by atomic mass is 32.1. The number of thiazole rings is 1. The van der Waals surface area contributed by atoms with E-state index in [1.54, 1.807) is 22.3 Å². The van der Waals surface area contributed by atoms with Gasteiger partial charge in [-0.15, -0.1) is 11.3 Å². The summed E-state index contributed by atoms with van der Waals surface area (Å²) in [5, 5.41) is 6.04. The number of halogens is 2. The van der Waals surface area contributed by atoms with Gasteiger partial charge in [-0.1, -0.05) is 36.4 Å². The topological polar surface area (TPSA) is 71.5 Å². The number of piperidine rings is 1. The maximum atomic E-state index is 13.0. The number of rotatable bonds is 8. The van der Waals surface area contributed by atoms with Gasteiger partial charge in [0.05, 0.1) is 22.2 Å². The molecular formula is C26H27F2N3O3S. The Hall–Kier alpha value is -3.33. The number of aryl methyl sites for hydroxylation is 1. The lowest BCUT2D eigenvalue weighted by atomic mass is 9.96. The lowest BCUT2D eigenvalue weighted by molar-refractivity contribution is -0.126. The van der Waals surface area contributed by atoms with E-state index in [4.69, 9.17) is 0 Å². The standard InChI is InChI=1S/C26H27F2N3O3S/c1-17-30-22(16-35-17)19-10-8-18(9-11-19)12-13-29-24(32)20-5-4-14-31(15-20)25(33)21-6-2-3-7-23(21)34-26(27)28/h2-3,6-11,16,20,26H,4-5,12-15H2,1H3,(H,29,32). The number of aromatic nitrogens is 1. The third kappa shape index (κ3) is 6.42. The fourth-order valence-corrected chi connectivity index (χ4v) is 4.82. The normalized spacial score (nSPS) is 15.8. The Labute approximate surface area is 206 Å². The molecule has 6 nitrogen and oxygen atoms in total. The van der Waals surface area contributed by atoms with Gasteiger partial charge in [-0.05, 0) is 43.9 Å². The molecule has 0 bridgehead atoms. The summed E-state index contributed by atoms with van der Waals surface area (Å²) in [7, 11) is 0. The van der Waals surface area contributed by atoms with Gasteiger partial charge in [-0.25, -0.2) is 4.98 Å². The monoisotopic (exact) mass is 499 g/mol. The average molecular weight is 500 g/mol. The molecule has 0 aliphatic carbocycles. The van der Waals surface area contributed by atoms with Crippen LogP contribution in [0.3, 0.4) is 0 Å². The van der Waals surface area contributed by atoms with E-state index in [0.717, 1.165) is 21.8 Å². The first-order valence-electron chi connectivity index (χ1n) is 11.5. The number of nitrogens with zero attached hydrogens (tertiary/aromatic N) is 2. The highest BCUT2D eigenvalue weighted by molar-refractivity contribution is 7.09. The highest BCUT2D eigenvalue weighted by Gasteiger charge is 2.30. The molecule has 184 valence electrons. The minimum absolute atomic E-state index is 0.0742. The van der Waals surface area contributed by atoms with Gasteiger partial charge in [-0.3, -0.25) is 9.59 Å². The van der Waals surface area contributed by atoms with Gasteiger partial charge in [0, 0.05) is 30.6 Å². The predicted molar refractivity (Wildman–Crippen MR) is 131 cm³/mol. The van der Waals surface area contributed by atoms with Crippen molar-refractivity contribution < 1.29 is 23.1 Å². The molecule has 1 atom stereocenters. The maximum Gasteiger partial charge on any atom is 0.387 e. The lowest BCUT2D eigenvalue weighted by Gasteiger charge is -2.32. The van der Waals surface area contributed by atoms with Crippen LogP contribution in [0.2, 0.25) is 0 Å². The number of hydrogen-bond acceptors (Lipinski definition) is 5. The molecule has 0 radical (unpaired) electrons. The number of ether oxygens (including phenoxy) is 1. The number of para-hydroxylation sites is 1. The van der Waals surface area contributed by atoms with E-state index in [-0.39, 0.29) is 29.7 Å². The van der Waals surface area contributed by atoms with Crippen LogP contribution in [0.5, 0.6) is 5.75 Å². The molecule has 1 aromatic heterocycles. The van der Waals surface area contributed by atoms with Crippen molar-refractivity contribution in [2.24, 2.45) is 5.92 Å². The van der Waals surface area contributed by atoms with Gasteiger partial charge in [0.1, 0.15) is 5.75 Å². The average Bonchev–Trinajstić information content (AvgIpc) is 3.30. The van der Waals surface area contributed by atoms with Gasteiger partial charge < -0.3 is 15.0 Å². The van der Waals surface area contributed by atoms with E-state index in [1.165, 1.54) is 18.2 Å². The molecular weight excluding hydrogens is 472 g/mol.